The van der Waals surface area contributed by atoms with Crippen LogP contribution in [0.4, 0.5) is 37.8 Å². The van der Waals surface area contributed by atoms with E-state index in [9.17, 15) is 26.7 Å². The Bertz CT molecular complexity index is 1790. The summed E-state index contributed by atoms with van der Waals surface area (Å²) in [6.45, 7) is 2.73. The lowest BCUT2D eigenvalue weighted by molar-refractivity contribution is -0.140. The molecule has 0 spiro atoms. The van der Waals surface area contributed by atoms with E-state index in [2.05, 4.69) is 20.0 Å². The molecule has 5 aliphatic heterocycles. The first-order chi connectivity index (χ1) is 24.3. The number of rotatable bonds is 4. The molecule has 3 saturated heterocycles. The zero-order valence-electron chi connectivity index (χ0n) is 27.7. The monoisotopic (exact) mass is 742 g/mol. The van der Waals surface area contributed by atoms with Gasteiger partial charge in [-0.25, -0.2) is 13.2 Å². The number of carbonyl (C=O) groups is 1. The van der Waals surface area contributed by atoms with E-state index in [1.807, 2.05) is 4.90 Å². The summed E-state index contributed by atoms with van der Waals surface area (Å²) in [6, 6.07) is 2.18. The molecular weight excluding hydrogens is 706 g/mol. The minimum absolute atomic E-state index is 0.0126. The second-order valence-corrected chi connectivity index (χ2v) is 13.8. The number of likely N-dealkylation sites (tertiary alicyclic amines) is 1. The average Bonchev–Trinajstić information content (AvgIpc) is 3.70. The third-order valence-corrected chi connectivity index (χ3v) is 10.5. The van der Waals surface area contributed by atoms with Gasteiger partial charge in [0.1, 0.15) is 18.2 Å². The lowest BCUT2D eigenvalue weighted by atomic mass is 9.94. The van der Waals surface area contributed by atoms with Gasteiger partial charge in [0.2, 0.25) is 0 Å². The first-order valence-electron chi connectivity index (χ1n) is 16.8. The summed E-state index contributed by atoms with van der Waals surface area (Å²) < 4.78 is 95.1. The first kappa shape index (κ1) is 35.6. The standard InChI is InChI=1S/C26H25ClF5N7O3.C7H12FN/c1-41-25-34-16-7-18(19-14(26(30,31)32)3-4-15(33)21(19)29)42-11-13(16)23(35-25)37-5-2-6-39-17(10-37)20(27)22(36-39)24(40)38-8-12(28)9-38;8-6-4-7-2-1-3-9(7)5-6/h3-4,12,18H,2,5-11,33H2,1H3;6-7H,1-5H2. The molecule has 3 aromatic rings. The number of hydrogen-bond donors (Lipinski definition) is 1. The number of ether oxygens (including phenoxy) is 2. The Labute approximate surface area is 294 Å². The van der Waals surface area contributed by atoms with E-state index in [0.29, 0.717) is 54.9 Å². The van der Waals surface area contributed by atoms with Crippen LogP contribution in [0.1, 0.15) is 70.4 Å². The van der Waals surface area contributed by atoms with Crippen molar-refractivity contribution in [3.63, 3.8) is 0 Å². The van der Waals surface area contributed by atoms with Crippen LogP contribution in [0.25, 0.3) is 0 Å². The van der Waals surface area contributed by atoms with Crippen LogP contribution in [0.2, 0.25) is 5.02 Å². The Morgan fingerprint density at radius 2 is 1.86 bits per heavy atom. The van der Waals surface area contributed by atoms with E-state index in [4.69, 9.17) is 26.8 Å². The fourth-order valence-electron chi connectivity index (χ4n) is 7.51. The van der Waals surface area contributed by atoms with E-state index in [0.717, 1.165) is 25.1 Å². The van der Waals surface area contributed by atoms with Gasteiger partial charge in [-0.15, -0.1) is 0 Å². The molecule has 0 saturated carbocycles. The van der Waals surface area contributed by atoms with Gasteiger partial charge in [0.15, 0.2) is 11.5 Å². The highest BCUT2D eigenvalue weighted by atomic mass is 35.5. The van der Waals surface area contributed by atoms with Gasteiger partial charge in [-0.2, -0.15) is 28.2 Å². The lowest BCUT2D eigenvalue weighted by Crippen LogP contribution is -2.51. The summed E-state index contributed by atoms with van der Waals surface area (Å²) in [5.41, 5.74) is 4.75. The maximum absolute atomic E-state index is 15.0. The first-order valence-corrected chi connectivity index (χ1v) is 17.2. The summed E-state index contributed by atoms with van der Waals surface area (Å²) in [6.07, 6.45) is -4.01. The van der Waals surface area contributed by atoms with E-state index >= 15 is 4.39 Å². The molecule has 276 valence electrons. The van der Waals surface area contributed by atoms with Crippen LogP contribution in [0.15, 0.2) is 12.1 Å². The largest absolute Gasteiger partial charge is 0.467 e. The number of amides is 1. The number of hydrogen-bond acceptors (Lipinski definition) is 9. The van der Waals surface area contributed by atoms with Crippen LogP contribution >= 0.6 is 11.6 Å². The second kappa shape index (κ2) is 14.0. The van der Waals surface area contributed by atoms with Gasteiger partial charge in [0.25, 0.3) is 5.91 Å². The summed E-state index contributed by atoms with van der Waals surface area (Å²) in [5.74, 6) is -1.24. The van der Waals surface area contributed by atoms with Crippen LogP contribution in [-0.4, -0.2) is 93.7 Å². The molecule has 5 aliphatic rings. The third-order valence-electron chi connectivity index (χ3n) is 10.1. The number of alkyl halides is 5. The van der Waals surface area contributed by atoms with Crippen molar-refractivity contribution in [3.8, 4) is 6.01 Å². The van der Waals surface area contributed by atoms with E-state index < -0.39 is 53.2 Å². The zero-order valence-corrected chi connectivity index (χ0v) is 28.5. The quantitative estimate of drug-likeness (QED) is 0.282. The van der Waals surface area contributed by atoms with Gasteiger partial charge >= 0.3 is 12.2 Å². The number of carbonyl (C=O) groups excluding carboxylic acids is 1. The van der Waals surface area contributed by atoms with Crippen molar-refractivity contribution in [2.75, 3.05) is 50.5 Å². The normalized spacial score (nSPS) is 23.5. The topological polar surface area (TPSA) is 115 Å². The Balaban J connectivity index is 0.000000389. The summed E-state index contributed by atoms with van der Waals surface area (Å²) in [7, 11) is 1.35. The van der Waals surface area contributed by atoms with Gasteiger partial charge < -0.3 is 25.0 Å². The van der Waals surface area contributed by atoms with Crippen LogP contribution in [0.5, 0.6) is 6.01 Å². The number of nitrogens with two attached hydrogens (primary N) is 1. The molecule has 1 aromatic carbocycles. The Morgan fingerprint density at radius 3 is 2.57 bits per heavy atom. The van der Waals surface area contributed by atoms with Gasteiger partial charge in [0.05, 0.1) is 67.1 Å². The highest BCUT2D eigenvalue weighted by Crippen LogP contribution is 2.43. The molecule has 0 bridgehead atoms. The van der Waals surface area contributed by atoms with Gasteiger partial charge in [-0.05, 0) is 44.4 Å². The van der Waals surface area contributed by atoms with Crippen molar-refractivity contribution >= 4 is 29.0 Å². The predicted octanol–water partition coefficient (Wildman–Crippen LogP) is 5.29. The fraction of sp³-hybridized carbons (Fsp3) is 0.576. The highest BCUT2D eigenvalue weighted by Gasteiger charge is 2.41. The predicted molar refractivity (Wildman–Crippen MR) is 173 cm³/mol. The van der Waals surface area contributed by atoms with E-state index in [-0.39, 0.29) is 49.4 Å². The van der Waals surface area contributed by atoms with Crippen LogP contribution < -0.4 is 15.4 Å². The molecule has 7 heterocycles. The molecule has 51 heavy (non-hydrogen) atoms. The summed E-state index contributed by atoms with van der Waals surface area (Å²) >= 11 is 6.62. The number of halogens is 7. The maximum atomic E-state index is 15.0. The molecule has 18 heteroatoms. The average molecular weight is 743 g/mol. The SMILES string of the molecule is COc1nc2c(c(N3CCCn4nc(C(=O)N5CC(F)C5)c(Cl)c4C3)n1)COC(c1c(C(F)(F)F)ccc(N)c1F)C2.FC1CC2CCCN2C1. The third kappa shape index (κ3) is 6.91. The van der Waals surface area contributed by atoms with Crippen LogP contribution in [0, 0.1) is 5.82 Å². The van der Waals surface area contributed by atoms with Crippen molar-refractivity contribution < 1.29 is 40.6 Å². The van der Waals surface area contributed by atoms with E-state index in [1.54, 1.807) is 4.68 Å². The molecule has 3 unspecified atom stereocenters. The molecule has 0 aliphatic carbocycles. The second-order valence-electron chi connectivity index (χ2n) is 13.4. The van der Waals surface area contributed by atoms with Gasteiger partial charge in [-0.1, -0.05) is 11.6 Å². The molecule has 1 amide bonds. The van der Waals surface area contributed by atoms with E-state index in [1.165, 1.54) is 24.9 Å². The highest BCUT2D eigenvalue weighted by molar-refractivity contribution is 6.34. The fourth-order valence-corrected chi connectivity index (χ4v) is 7.78. The smallest absolute Gasteiger partial charge is 0.416 e. The number of aromatic nitrogens is 4. The minimum Gasteiger partial charge on any atom is -0.467 e. The number of nitrogens with zero attached hydrogens (tertiary/aromatic N) is 7. The van der Waals surface area contributed by atoms with Crippen molar-refractivity contribution in [1.29, 1.82) is 0 Å². The maximum Gasteiger partial charge on any atom is 0.416 e. The van der Waals surface area contributed by atoms with Crippen LogP contribution in [0.3, 0.4) is 0 Å². The number of aryl methyl sites for hydroxylation is 1. The minimum atomic E-state index is -4.83. The number of anilines is 2. The number of nitrogen functional groups attached to an aromatic ring is 1. The van der Waals surface area contributed by atoms with Crippen molar-refractivity contribution in [2.45, 2.75) is 82.5 Å². The molecular formula is C33H37ClF6N8O3. The number of methoxy groups -OCH3 is 1. The lowest BCUT2D eigenvalue weighted by Gasteiger charge is -2.33. The summed E-state index contributed by atoms with van der Waals surface area (Å²) in [4.78, 5) is 27.2. The molecule has 2 aromatic heterocycles. The van der Waals surface area contributed by atoms with Crippen LogP contribution in [-0.2, 0) is 37.0 Å². The summed E-state index contributed by atoms with van der Waals surface area (Å²) in [5, 5.41) is 4.55. The zero-order chi connectivity index (χ0) is 36.2. The van der Waals surface area contributed by atoms with Crippen molar-refractivity contribution in [1.82, 2.24) is 29.5 Å². The Kier molecular flexibility index (Phi) is 9.73. The molecule has 0 radical (unpaired) electrons. The van der Waals surface area contributed by atoms with Crippen molar-refractivity contribution in [2.24, 2.45) is 0 Å². The van der Waals surface area contributed by atoms with Gasteiger partial charge in [0, 0.05) is 43.2 Å². The Morgan fingerprint density at radius 1 is 1.08 bits per heavy atom. The molecule has 3 atom stereocenters. The molecule has 2 N–H and O–H groups in total. The molecule has 3 fully saturated rings. The molecule has 11 nitrogen and oxygen atoms in total. The van der Waals surface area contributed by atoms with Gasteiger partial charge in [-0.3, -0.25) is 14.4 Å². The van der Waals surface area contributed by atoms with Crippen molar-refractivity contribution in [3.05, 3.63) is 56.7 Å². The number of fused-ring (bicyclic) bond motifs is 3. The molecule has 8 rings (SSSR count). The number of benzene rings is 1. The Hall–Kier alpha value is -3.83.